The number of anilines is 3. The summed E-state index contributed by atoms with van der Waals surface area (Å²) < 4.78 is 0. The van der Waals surface area contributed by atoms with E-state index in [0.717, 1.165) is 47.8 Å². The summed E-state index contributed by atoms with van der Waals surface area (Å²) in [6.45, 7) is 6.26. The highest BCUT2D eigenvalue weighted by atomic mass is 32.1. The number of benzene rings is 1. The number of piperidine rings is 1. The first-order valence-corrected chi connectivity index (χ1v) is 10.6. The molecule has 0 radical (unpaired) electrons. The lowest BCUT2D eigenvalue weighted by atomic mass is 9.97. The number of carbonyl (C=O) groups is 2. The Labute approximate surface area is 168 Å². The quantitative estimate of drug-likeness (QED) is 0.855. The van der Waals surface area contributed by atoms with E-state index in [4.69, 9.17) is 0 Å². The third kappa shape index (κ3) is 4.01. The molecule has 1 unspecified atom stereocenters. The van der Waals surface area contributed by atoms with Crippen LogP contribution in [0.4, 0.5) is 16.0 Å². The van der Waals surface area contributed by atoms with Crippen LogP contribution in [0.5, 0.6) is 0 Å². The molecule has 4 rings (SSSR count). The maximum atomic E-state index is 12.8. The zero-order valence-corrected chi connectivity index (χ0v) is 17.1. The summed E-state index contributed by atoms with van der Waals surface area (Å²) >= 11 is 1.44. The van der Waals surface area contributed by atoms with Gasteiger partial charge in [-0.25, -0.2) is 0 Å². The molecule has 1 atom stereocenters. The van der Waals surface area contributed by atoms with Crippen molar-refractivity contribution in [2.45, 2.75) is 39.5 Å². The van der Waals surface area contributed by atoms with E-state index in [0.29, 0.717) is 24.6 Å². The van der Waals surface area contributed by atoms with E-state index >= 15 is 0 Å². The van der Waals surface area contributed by atoms with Crippen molar-refractivity contribution in [2.24, 2.45) is 5.92 Å². The van der Waals surface area contributed by atoms with Crippen LogP contribution >= 0.6 is 11.3 Å². The Bertz CT molecular complexity index is 876. The van der Waals surface area contributed by atoms with Gasteiger partial charge in [-0.15, -0.1) is 10.2 Å². The van der Waals surface area contributed by atoms with Crippen molar-refractivity contribution in [2.75, 3.05) is 34.8 Å². The zero-order chi connectivity index (χ0) is 19.7. The third-order valence-corrected chi connectivity index (χ3v) is 6.27. The fourth-order valence-electron chi connectivity index (χ4n) is 3.95. The highest BCUT2D eigenvalue weighted by molar-refractivity contribution is 7.19. The average molecular weight is 400 g/mol. The summed E-state index contributed by atoms with van der Waals surface area (Å²) in [6, 6.07) is 6.08. The van der Waals surface area contributed by atoms with Crippen LogP contribution in [0.25, 0.3) is 0 Å². The Morgan fingerprint density at radius 3 is 2.57 bits per heavy atom. The van der Waals surface area contributed by atoms with Crippen LogP contribution in [-0.2, 0) is 9.59 Å². The lowest BCUT2D eigenvalue weighted by Gasteiger charge is -2.31. The molecule has 2 aliphatic rings. The second-order valence-electron chi connectivity index (χ2n) is 7.67. The SMILES string of the molecule is Cc1cc(C)cc(NC(=O)C2CCCN(c3nnc(N4CCCC4=O)s3)C2)c1. The van der Waals surface area contributed by atoms with Crippen LogP contribution in [0.1, 0.15) is 36.8 Å². The molecular formula is C20H25N5O2S. The summed E-state index contributed by atoms with van der Waals surface area (Å²) in [5, 5.41) is 13.0. The number of hydrogen-bond acceptors (Lipinski definition) is 6. The first kappa shape index (κ1) is 18.9. The molecule has 8 heteroatoms. The number of aryl methyl sites for hydroxylation is 2. The molecule has 7 nitrogen and oxygen atoms in total. The van der Waals surface area contributed by atoms with Gasteiger partial charge in [0.05, 0.1) is 5.92 Å². The van der Waals surface area contributed by atoms with Crippen LogP contribution in [0.2, 0.25) is 0 Å². The standard InChI is InChI=1S/C20H25N5O2S/c1-13-9-14(2)11-16(10-13)21-18(27)15-5-3-7-24(12-15)19-22-23-20(28-19)25-8-4-6-17(25)26/h9-11,15H,3-8,12H2,1-2H3,(H,21,27). The van der Waals surface area contributed by atoms with Gasteiger partial charge in [0.2, 0.25) is 22.1 Å². The Kier molecular flexibility index (Phi) is 5.30. The molecule has 0 saturated carbocycles. The van der Waals surface area contributed by atoms with Gasteiger partial charge in [0.25, 0.3) is 0 Å². The van der Waals surface area contributed by atoms with Gasteiger partial charge >= 0.3 is 0 Å². The molecule has 2 fully saturated rings. The molecule has 1 N–H and O–H groups in total. The number of aromatic nitrogens is 2. The minimum atomic E-state index is -0.0877. The monoisotopic (exact) mass is 399 g/mol. The van der Waals surface area contributed by atoms with Crippen molar-refractivity contribution in [3.05, 3.63) is 29.3 Å². The van der Waals surface area contributed by atoms with Crippen molar-refractivity contribution < 1.29 is 9.59 Å². The minimum absolute atomic E-state index is 0.0501. The van der Waals surface area contributed by atoms with Crippen LogP contribution in [0.3, 0.4) is 0 Å². The van der Waals surface area contributed by atoms with Crippen LogP contribution < -0.4 is 15.1 Å². The van der Waals surface area contributed by atoms with E-state index < -0.39 is 0 Å². The highest BCUT2D eigenvalue weighted by Crippen LogP contribution is 2.32. The van der Waals surface area contributed by atoms with Crippen LogP contribution in [0.15, 0.2) is 18.2 Å². The predicted molar refractivity (Wildman–Crippen MR) is 111 cm³/mol. The first-order chi connectivity index (χ1) is 13.5. The van der Waals surface area contributed by atoms with E-state index in [1.54, 1.807) is 4.90 Å². The molecule has 0 spiro atoms. The first-order valence-electron chi connectivity index (χ1n) is 9.77. The van der Waals surface area contributed by atoms with Gasteiger partial charge in [-0.05, 0) is 56.4 Å². The van der Waals surface area contributed by atoms with Crippen LogP contribution in [-0.4, -0.2) is 41.6 Å². The number of rotatable bonds is 4. The van der Waals surface area contributed by atoms with Gasteiger partial charge in [-0.1, -0.05) is 17.4 Å². The summed E-state index contributed by atoms with van der Waals surface area (Å²) in [5.74, 6) is 0.0801. The lowest BCUT2D eigenvalue weighted by Crippen LogP contribution is -2.40. The molecule has 28 heavy (non-hydrogen) atoms. The van der Waals surface area contributed by atoms with E-state index in [1.165, 1.54) is 11.3 Å². The number of hydrogen-bond donors (Lipinski definition) is 1. The van der Waals surface area contributed by atoms with Gasteiger partial charge in [-0.2, -0.15) is 0 Å². The number of amides is 2. The predicted octanol–water partition coefficient (Wildman–Crippen LogP) is 3.14. The maximum absolute atomic E-state index is 12.8. The van der Waals surface area contributed by atoms with Gasteiger partial charge in [0.1, 0.15) is 0 Å². The van der Waals surface area contributed by atoms with Crippen molar-refractivity contribution in [1.82, 2.24) is 10.2 Å². The molecule has 2 saturated heterocycles. The van der Waals surface area contributed by atoms with Gasteiger partial charge in [0, 0.05) is 31.7 Å². The molecule has 1 aromatic heterocycles. The average Bonchev–Trinajstić information content (AvgIpc) is 3.29. The Morgan fingerprint density at radius 1 is 1.11 bits per heavy atom. The Balaban J connectivity index is 1.42. The highest BCUT2D eigenvalue weighted by Gasteiger charge is 2.30. The molecule has 2 amide bonds. The van der Waals surface area contributed by atoms with E-state index in [2.05, 4.69) is 26.5 Å². The van der Waals surface area contributed by atoms with Crippen LogP contribution in [0, 0.1) is 19.8 Å². The van der Waals surface area contributed by atoms with Gasteiger partial charge < -0.3 is 10.2 Å². The number of carbonyl (C=O) groups excluding carboxylic acids is 2. The van der Waals surface area contributed by atoms with E-state index in [-0.39, 0.29) is 17.7 Å². The summed E-state index contributed by atoms with van der Waals surface area (Å²) in [4.78, 5) is 28.6. The lowest BCUT2D eigenvalue weighted by molar-refractivity contribution is -0.120. The molecule has 2 aliphatic heterocycles. The largest absolute Gasteiger partial charge is 0.346 e. The van der Waals surface area contributed by atoms with Crippen molar-refractivity contribution in [1.29, 1.82) is 0 Å². The van der Waals surface area contributed by atoms with Crippen molar-refractivity contribution in [3.8, 4) is 0 Å². The van der Waals surface area contributed by atoms with Crippen molar-refractivity contribution in [3.63, 3.8) is 0 Å². The van der Waals surface area contributed by atoms with Crippen molar-refractivity contribution >= 4 is 39.1 Å². The minimum Gasteiger partial charge on any atom is -0.346 e. The van der Waals surface area contributed by atoms with Gasteiger partial charge in [-0.3, -0.25) is 14.5 Å². The molecule has 148 valence electrons. The Hall–Kier alpha value is -2.48. The van der Waals surface area contributed by atoms with Gasteiger partial charge in [0.15, 0.2) is 0 Å². The Morgan fingerprint density at radius 2 is 1.86 bits per heavy atom. The summed E-state index contributed by atoms with van der Waals surface area (Å²) in [6.07, 6.45) is 3.25. The second-order valence-corrected chi connectivity index (χ2v) is 8.60. The second kappa shape index (κ2) is 7.87. The van der Waals surface area contributed by atoms with E-state index in [9.17, 15) is 9.59 Å². The number of nitrogens with zero attached hydrogens (tertiary/aromatic N) is 4. The maximum Gasteiger partial charge on any atom is 0.229 e. The summed E-state index contributed by atoms with van der Waals surface area (Å²) in [7, 11) is 0. The fraction of sp³-hybridized carbons (Fsp3) is 0.500. The molecule has 2 aromatic rings. The topological polar surface area (TPSA) is 78.4 Å². The zero-order valence-electron chi connectivity index (χ0n) is 16.3. The molecule has 0 aliphatic carbocycles. The molecule has 0 bridgehead atoms. The summed E-state index contributed by atoms with van der Waals surface area (Å²) in [5.41, 5.74) is 3.13. The number of nitrogens with one attached hydrogen (secondary N) is 1. The molecule has 3 heterocycles. The molecule has 1 aromatic carbocycles. The fourth-order valence-corrected chi connectivity index (χ4v) is 4.88. The third-order valence-electron chi connectivity index (χ3n) is 5.26. The smallest absolute Gasteiger partial charge is 0.229 e. The normalized spacial score (nSPS) is 19.9. The van der Waals surface area contributed by atoms with E-state index in [1.807, 2.05) is 26.0 Å². The molecular weight excluding hydrogens is 374 g/mol.